The van der Waals surface area contributed by atoms with Gasteiger partial charge < -0.3 is 5.11 Å². The predicted octanol–water partition coefficient (Wildman–Crippen LogP) is 3.07. The van der Waals surface area contributed by atoms with Crippen molar-refractivity contribution in [2.24, 2.45) is 0 Å². The molecule has 2 N–H and O–H groups in total. The first-order valence-corrected chi connectivity index (χ1v) is 8.77. The third kappa shape index (κ3) is 3.09. The molecule has 0 aliphatic heterocycles. The van der Waals surface area contributed by atoms with Gasteiger partial charge in [-0.15, -0.1) is 11.3 Å². The molecule has 2 aromatic rings. The summed E-state index contributed by atoms with van der Waals surface area (Å²) in [6, 6.07) is 6.80. The van der Waals surface area contributed by atoms with Gasteiger partial charge in [0, 0.05) is 15.6 Å². The Bertz CT molecular complexity index is 790. The maximum atomic E-state index is 12.6. The average Bonchev–Trinajstić information content (AvgIpc) is 2.77. The number of carbonyl (C=O) groups is 1. The molecular formula is C14H17NO4S2. The van der Waals surface area contributed by atoms with Crippen molar-refractivity contribution in [3.8, 4) is 0 Å². The summed E-state index contributed by atoms with van der Waals surface area (Å²) in [6.45, 7) is 5.39. The minimum Gasteiger partial charge on any atom is -0.477 e. The number of nitrogens with one attached hydrogen (secondary N) is 1. The van der Waals surface area contributed by atoms with Crippen molar-refractivity contribution in [1.82, 2.24) is 4.72 Å². The van der Waals surface area contributed by atoms with Crippen LogP contribution in [0.15, 0.2) is 29.2 Å². The van der Waals surface area contributed by atoms with Crippen LogP contribution in [0.4, 0.5) is 0 Å². The van der Waals surface area contributed by atoms with E-state index in [9.17, 15) is 18.3 Å². The number of carboxylic acids is 1. The number of fused-ring (bicyclic) bond motifs is 1. The minimum atomic E-state index is -3.91. The van der Waals surface area contributed by atoms with Gasteiger partial charge in [0.2, 0.25) is 10.0 Å². The normalized spacial score (nSPS) is 12.7. The lowest BCUT2D eigenvalue weighted by Crippen LogP contribution is -2.42. The zero-order chi connectivity index (χ0) is 15.8. The van der Waals surface area contributed by atoms with Gasteiger partial charge >= 0.3 is 5.97 Å². The van der Waals surface area contributed by atoms with Gasteiger partial charge in [0.1, 0.15) is 9.77 Å². The van der Waals surface area contributed by atoms with Gasteiger partial charge in [0.05, 0.1) is 0 Å². The Kier molecular flexibility index (Phi) is 4.10. The summed E-state index contributed by atoms with van der Waals surface area (Å²) in [7, 11) is -3.91. The Morgan fingerprint density at radius 3 is 2.52 bits per heavy atom. The van der Waals surface area contributed by atoms with E-state index in [4.69, 9.17) is 0 Å². The monoisotopic (exact) mass is 327 g/mol. The molecule has 2 rings (SSSR count). The van der Waals surface area contributed by atoms with E-state index in [1.165, 1.54) is 0 Å². The Labute approximate surface area is 127 Å². The van der Waals surface area contributed by atoms with Gasteiger partial charge in [-0.3, -0.25) is 0 Å². The summed E-state index contributed by atoms with van der Waals surface area (Å²) in [5.41, 5.74) is -0.641. The number of rotatable bonds is 5. The van der Waals surface area contributed by atoms with Crippen LogP contribution in [0.3, 0.4) is 0 Å². The van der Waals surface area contributed by atoms with Crippen LogP contribution < -0.4 is 4.72 Å². The standard InChI is InChI=1S/C14H17NO4S2/c1-4-14(2,3)15-21(18,19)12-9-7-5-6-8-10(9)20-11(12)13(16)17/h5-8,15H,4H2,1-3H3,(H,16,17). The number of aromatic carboxylic acids is 1. The molecule has 0 bridgehead atoms. The predicted molar refractivity (Wildman–Crippen MR) is 83.5 cm³/mol. The quantitative estimate of drug-likeness (QED) is 0.884. The van der Waals surface area contributed by atoms with Gasteiger partial charge in [0.15, 0.2) is 0 Å². The topological polar surface area (TPSA) is 83.5 Å². The summed E-state index contributed by atoms with van der Waals surface area (Å²) in [5.74, 6) is -1.23. The molecule has 0 saturated carbocycles. The van der Waals surface area contributed by atoms with Crippen LogP contribution in [0.2, 0.25) is 0 Å². The second kappa shape index (κ2) is 5.40. The summed E-state index contributed by atoms with van der Waals surface area (Å²) in [4.78, 5) is 11.1. The molecule has 1 aromatic heterocycles. The van der Waals surface area contributed by atoms with Crippen molar-refractivity contribution < 1.29 is 18.3 Å². The number of hydrogen-bond acceptors (Lipinski definition) is 4. The molecule has 1 heterocycles. The van der Waals surface area contributed by atoms with Gasteiger partial charge in [0.25, 0.3) is 0 Å². The number of benzene rings is 1. The van der Waals surface area contributed by atoms with Crippen LogP contribution in [-0.2, 0) is 10.0 Å². The highest BCUT2D eigenvalue weighted by Crippen LogP contribution is 2.35. The maximum Gasteiger partial charge on any atom is 0.347 e. The lowest BCUT2D eigenvalue weighted by Gasteiger charge is -2.24. The second-order valence-electron chi connectivity index (χ2n) is 5.40. The Balaban J connectivity index is 2.70. The SMILES string of the molecule is CCC(C)(C)NS(=O)(=O)c1c(C(=O)O)sc2ccccc12. The molecule has 7 heteroatoms. The average molecular weight is 327 g/mol. The van der Waals surface area contributed by atoms with Crippen molar-refractivity contribution in [1.29, 1.82) is 0 Å². The van der Waals surface area contributed by atoms with E-state index in [-0.39, 0.29) is 9.77 Å². The van der Waals surface area contributed by atoms with Crippen LogP contribution >= 0.6 is 11.3 Å². The molecular weight excluding hydrogens is 310 g/mol. The number of thiophene rings is 1. The molecule has 0 unspecified atom stereocenters. The summed E-state index contributed by atoms with van der Waals surface area (Å²) >= 11 is 0.974. The van der Waals surface area contributed by atoms with E-state index >= 15 is 0 Å². The third-order valence-corrected chi connectivity index (χ3v) is 6.38. The fraction of sp³-hybridized carbons (Fsp3) is 0.357. The fourth-order valence-corrected chi connectivity index (χ4v) is 5.14. The molecule has 5 nitrogen and oxygen atoms in total. The molecule has 0 radical (unpaired) electrons. The highest BCUT2D eigenvalue weighted by molar-refractivity contribution is 7.90. The highest BCUT2D eigenvalue weighted by atomic mass is 32.2. The van der Waals surface area contributed by atoms with Crippen LogP contribution in [0.1, 0.15) is 36.9 Å². The van der Waals surface area contributed by atoms with Gasteiger partial charge in [-0.2, -0.15) is 0 Å². The molecule has 1 aromatic carbocycles. The van der Waals surface area contributed by atoms with E-state index in [2.05, 4.69) is 4.72 Å². The van der Waals surface area contributed by atoms with E-state index in [0.717, 1.165) is 11.3 Å². The van der Waals surface area contributed by atoms with E-state index in [1.54, 1.807) is 38.1 Å². The van der Waals surface area contributed by atoms with E-state index < -0.39 is 21.5 Å². The second-order valence-corrected chi connectivity index (χ2v) is 8.08. The molecule has 0 atom stereocenters. The van der Waals surface area contributed by atoms with Crippen LogP contribution in [-0.4, -0.2) is 25.0 Å². The summed E-state index contributed by atoms with van der Waals surface area (Å²) in [5, 5.41) is 9.75. The van der Waals surface area contributed by atoms with Crippen LogP contribution in [0.25, 0.3) is 10.1 Å². The first kappa shape index (κ1) is 15.9. The molecule has 21 heavy (non-hydrogen) atoms. The number of sulfonamides is 1. The van der Waals surface area contributed by atoms with Gasteiger partial charge in [-0.1, -0.05) is 25.1 Å². The molecule has 0 amide bonds. The first-order chi connectivity index (χ1) is 9.68. The van der Waals surface area contributed by atoms with E-state index in [1.807, 2.05) is 6.92 Å². The Morgan fingerprint density at radius 2 is 1.95 bits per heavy atom. The molecule has 0 fully saturated rings. The van der Waals surface area contributed by atoms with Crippen LogP contribution in [0, 0.1) is 0 Å². The molecule has 0 aliphatic carbocycles. The Morgan fingerprint density at radius 1 is 1.33 bits per heavy atom. The third-order valence-electron chi connectivity index (χ3n) is 3.31. The largest absolute Gasteiger partial charge is 0.477 e. The minimum absolute atomic E-state index is 0.142. The maximum absolute atomic E-state index is 12.6. The van der Waals surface area contributed by atoms with Crippen molar-refractivity contribution in [3.05, 3.63) is 29.1 Å². The molecule has 0 saturated heterocycles. The van der Waals surface area contributed by atoms with Crippen molar-refractivity contribution >= 4 is 37.4 Å². The Hall–Kier alpha value is -1.44. The summed E-state index contributed by atoms with van der Waals surface area (Å²) < 4.78 is 28.5. The zero-order valence-electron chi connectivity index (χ0n) is 12.0. The van der Waals surface area contributed by atoms with Gasteiger partial charge in [-0.25, -0.2) is 17.9 Å². The zero-order valence-corrected chi connectivity index (χ0v) is 13.6. The molecule has 0 spiro atoms. The van der Waals surface area contributed by atoms with Crippen molar-refractivity contribution in [2.45, 2.75) is 37.6 Å². The highest BCUT2D eigenvalue weighted by Gasteiger charge is 2.32. The fourth-order valence-electron chi connectivity index (χ4n) is 1.92. The molecule has 0 aliphatic rings. The lowest BCUT2D eigenvalue weighted by atomic mass is 10.0. The lowest BCUT2D eigenvalue weighted by molar-refractivity contribution is 0.0698. The van der Waals surface area contributed by atoms with Gasteiger partial charge in [-0.05, 0) is 26.3 Å². The number of hydrogen-bond donors (Lipinski definition) is 2. The van der Waals surface area contributed by atoms with Crippen molar-refractivity contribution in [2.75, 3.05) is 0 Å². The first-order valence-electron chi connectivity index (χ1n) is 6.47. The molecule has 114 valence electrons. The van der Waals surface area contributed by atoms with E-state index in [0.29, 0.717) is 16.5 Å². The smallest absolute Gasteiger partial charge is 0.347 e. The summed E-state index contributed by atoms with van der Waals surface area (Å²) in [6.07, 6.45) is 0.594. The van der Waals surface area contributed by atoms with Crippen molar-refractivity contribution in [3.63, 3.8) is 0 Å². The number of carboxylic acid groups (broad SMARTS) is 1. The van der Waals surface area contributed by atoms with Crippen LogP contribution in [0.5, 0.6) is 0 Å².